The Morgan fingerprint density at radius 3 is 1.84 bits per heavy atom. The molecule has 0 saturated carbocycles. The zero-order chi connectivity index (χ0) is 18.0. The Morgan fingerprint density at radius 1 is 0.800 bits per heavy atom. The summed E-state index contributed by atoms with van der Waals surface area (Å²) in [6.45, 7) is 13.4. The van der Waals surface area contributed by atoms with Crippen LogP contribution in [-0.2, 0) is 0 Å². The van der Waals surface area contributed by atoms with E-state index in [2.05, 4.69) is 99.6 Å². The third-order valence-corrected chi connectivity index (χ3v) is 5.15. The number of aryl methyl sites for hydroxylation is 2. The van der Waals surface area contributed by atoms with Crippen LogP contribution in [0, 0.1) is 20.5 Å². The van der Waals surface area contributed by atoms with Gasteiger partial charge in [-0.15, -0.1) is 0 Å². The average Bonchev–Trinajstić information content (AvgIpc) is 2.61. The highest BCUT2D eigenvalue weighted by molar-refractivity contribution is 5.64. The van der Waals surface area contributed by atoms with Crippen molar-refractivity contribution >= 4 is 11.4 Å². The van der Waals surface area contributed by atoms with Gasteiger partial charge in [0.05, 0.1) is 6.04 Å². The molecule has 1 radical (unpaired) electrons. The van der Waals surface area contributed by atoms with E-state index in [1.165, 1.54) is 40.2 Å². The van der Waals surface area contributed by atoms with Crippen LogP contribution in [0.25, 0.3) is 0 Å². The van der Waals surface area contributed by atoms with E-state index in [-0.39, 0.29) is 0 Å². The molecule has 131 valence electrons. The first-order valence-electron chi connectivity index (χ1n) is 9.26. The summed E-state index contributed by atoms with van der Waals surface area (Å²) in [6.07, 6.45) is 2.30. The van der Waals surface area contributed by atoms with Crippen molar-refractivity contribution in [2.24, 2.45) is 0 Å². The summed E-state index contributed by atoms with van der Waals surface area (Å²) >= 11 is 0. The Hall–Kier alpha value is -2.22. The maximum Gasteiger partial charge on any atom is 0.147 e. The van der Waals surface area contributed by atoms with Crippen molar-refractivity contribution in [2.45, 2.75) is 53.5 Å². The largest absolute Gasteiger partial charge is 0.341 e. The topological polar surface area (TPSA) is 6.48 Å². The number of hydrogen-bond donors (Lipinski definition) is 0. The Balaban J connectivity index is 2.02. The maximum atomic E-state index is 2.40. The summed E-state index contributed by atoms with van der Waals surface area (Å²) in [4.78, 5) is 4.74. The monoisotopic (exact) mass is 333 g/mol. The number of hydrogen-bond acceptors (Lipinski definition) is 2. The Kier molecular flexibility index (Phi) is 5.17. The van der Waals surface area contributed by atoms with Crippen molar-refractivity contribution in [1.29, 1.82) is 0 Å². The fraction of sp³-hybridized carbons (Fsp3) is 0.348. The quantitative estimate of drug-likeness (QED) is 0.656. The van der Waals surface area contributed by atoms with Crippen LogP contribution in [0.15, 0.2) is 59.8 Å². The van der Waals surface area contributed by atoms with Crippen LogP contribution in [0.3, 0.4) is 0 Å². The van der Waals surface area contributed by atoms with Crippen LogP contribution in [0.4, 0.5) is 11.4 Å². The minimum atomic E-state index is 0.379. The molecule has 2 aromatic rings. The van der Waals surface area contributed by atoms with Crippen molar-refractivity contribution in [1.82, 2.24) is 0 Å². The molecule has 2 heteroatoms. The van der Waals surface area contributed by atoms with E-state index in [0.29, 0.717) is 6.04 Å². The van der Waals surface area contributed by atoms with E-state index < -0.39 is 0 Å². The van der Waals surface area contributed by atoms with Crippen molar-refractivity contribution in [3.05, 3.63) is 77.6 Å². The zero-order valence-electron chi connectivity index (χ0n) is 16.1. The third-order valence-electron chi connectivity index (χ3n) is 5.15. The molecule has 1 aliphatic heterocycles. The summed E-state index contributed by atoms with van der Waals surface area (Å²) in [6, 6.07) is 18.0. The highest BCUT2D eigenvalue weighted by Gasteiger charge is 2.30. The molecule has 25 heavy (non-hydrogen) atoms. The van der Waals surface area contributed by atoms with Gasteiger partial charge in [-0.05, 0) is 64.0 Å². The third kappa shape index (κ3) is 3.58. The summed E-state index contributed by atoms with van der Waals surface area (Å²) in [5, 5.41) is 0. The minimum Gasteiger partial charge on any atom is -0.341 e. The number of allylic oxidation sites excluding steroid dienone is 1. The van der Waals surface area contributed by atoms with E-state index in [4.69, 9.17) is 0 Å². The number of nitrogens with zero attached hydrogens (tertiary/aromatic N) is 2. The normalized spacial score (nSPS) is 18.0. The lowest BCUT2D eigenvalue weighted by Crippen LogP contribution is -2.44. The average molecular weight is 333 g/mol. The van der Waals surface area contributed by atoms with Crippen LogP contribution in [0.2, 0.25) is 0 Å². The first kappa shape index (κ1) is 17.6. The fourth-order valence-electron chi connectivity index (χ4n) is 3.57. The number of anilines is 2. The van der Waals surface area contributed by atoms with Gasteiger partial charge in [0.2, 0.25) is 0 Å². The SMILES string of the molecule is CCCC1=C(C)N(c2ccc(C)cc2)[CH]N(c2ccc(C)cc2)C1C. The lowest BCUT2D eigenvalue weighted by atomic mass is 9.96. The summed E-state index contributed by atoms with van der Waals surface area (Å²) < 4.78 is 0. The van der Waals surface area contributed by atoms with Crippen molar-refractivity contribution < 1.29 is 0 Å². The van der Waals surface area contributed by atoms with Crippen molar-refractivity contribution in [3.63, 3.8) is 0 Å². The van der Waals surface area contributed by atoms with Gasteiger partial charge >= 0.3 is 0 Å². The van der Waals surface area contributed by atoms with Crippen LogP contribution < -0.4 is 9.80 Å². The molecule has 1 heterocycles. The smallest absolute Gasteiger partial charge is 0.147 e. The summed E-state index contributed by atoms with van der Waals surface area (Å²) in [7, 11) is 0. The molecule has 0 N–H and O–H groups in total. The molecule has 2 aromatic carbocycles. The van der Waals surface area contributed by atoms with E-state index >= 15 is 0 Å². The lowest BCUT2D eigenvalue weighted by molar-refractivity contribution is 0.659. The van der Waals surface area contributed by atoms with E-state index in [9.17, 15) is 0 Å². The molecular formula is C23H29N2. The number of benzene rings is 2. The van der Waals surface area contributed by atoms with Crippen LogP contribution in [0.1, 0.15) is 44.7 Å². The van der Waals surface area contributed by atoms with Crippen LogP contribution >= 0.6 is 0 Å². The molecule has 0 saturated heterocycles. The van der Waals surface area contributed by atoms with Gasteiger partial charge in [-0.25, -0.2) is 0 Å². The highest BCUT2D eigenvalue weighted by Crippen LogP contribution is 2.36. The predicted octanol–water partition coefficient (Wildman–Crippen LogP) is 6.21. The van der Waals surface area contributed by atoms with Crippen LogP contribution in [-0.4, -0.2) is 6.04 Å². The zero-order valence-corrected chi connectivity index (χ0v) is 16.1. The predicted molar refractivity (Wildman–Crippen MR) is 109 cm³/mol. The van der Waals surface area contributed by atoms with Gasteiger partial charge in [-0.1, -0.05) is 48.7 Å². The van der Waals surface area contributed by atoms with Gasteiger partial charge in [-0.2, -0.15) is 0 Å². The van der Waals surface area contributed by atoms with Crippen molar-refractivity contribution in [2.75, 3.05) is 9.80 Å². The molecule has 1 unspecified atom stereocenters. The summed E-state index contributed by atoms with van der Waals surface area (Å²) in [5.41, 5.74) is 7.94. The Bertz CT molecular complexity index is 741. The first-order chi connectivity index (χ1) is 12.0. The van der Waals surface area contributed by atoms with Gasteiger partial charge in [0.1, 0.15) is 6.67 Å². The molecule has 2 nitrogen and oxygen atoms in total. The highest BCUT2D eigenvalue weighted by atomic mass is 15.4. The van der Waals surface area contributed by atoms with Gasteiger partial charge in [0, 0.05) is 17.1 Å². The molecule has 3 rings (SSSR count). The second-order valence-electron chi connectivity index (χ2n) is 7.10. The molecule has 0 aliphatic carbocycles. The first-order valence-corrected chi connectivity index (χ1v) is 9.26. The van der Waals surface area contributed by atoms with Gasteiger partial charge in [0.15, 0.2) is 0 Å². The fourth-order valence-corrected chi connectivity index (χ4v) is 3.57. The minimum absolute atomic E-state index is 0.379. The summed E-state index contributed by atoms with van der Waals surface area (Å²) in [5.74, 6) is 0. The van der Waals surface area contributed by atoms with Crippen molar-refractivity contribution in [3.8, 4) is 0 Å². The van der Waals surface area contributed by atoms with Gasteiger partial charge in [-0.3, -0.25) is 0 Å². The molecular weight excluding hydrogens is 304 g/mol. The molecule has 1 atom stereocenters. The van der Waals surface area contributed by atoms with Crippen LogP contribution in [0.5, 0.6) is 0 Å². The molecule has 0 spiro atoms. The second-order valence-corrected chi connectivity index (χ2v) is 7.10. The Morgan fingerprint density at radius 2 is 1.32 bits per heavy atom. The van der Waals surface area contributed by atoms with E-state index in [0.717, 1.165) is 6.42 Å². The number of rotatable bonds is 4. The molecule has 0 bridgehead atoms. The molecule has 1 aliphatic rings. The molecule has 0 fully saturated rings. The maximum absolute atomic E-state index is 2.40. The van der Waals surface area contributed by atoms with E-state index in [1.807, 2.05) is 0 Å². The lowest BCUT2D eigenvalue weighted by Gasteiger charge is -2.44. The van der Waals surface area contributed by atoms with Gasteiger partial charge < -0.3 is 9.80 Å². The molecule has 0 amide bonds. The molecule has 0 aromatic heterocycles. The second kappa shape index (κ2) is 7.35. The Labute approximate surface area is 152 Å². The van der Waals surface area contributed by atoms with E-state index in [1.54, 1.807) is 0 Å². The standard InChI is InChI=1S/C23H29N2/c1-6-7-23-19(4)24(21-12-8-17(2)9-13-21)16-25(20(23)5)22-14-10-18(3)11-15-22/h8-16,19H,6-7H2,1-5H3. The van der Waals surface area contributed by atoms with Gasteiger partial charge in [0.25, 0.3) is 0 Å².